The molecule has 1 aromatic carbocycles. The number of benzene rings is 1. The first kappa shape index (κ1) is 17.4. The van der Waals surface area contributed by atoms with Crippen LogP contribution in [0.3, 0.4) is 0 Å². The average molecular weight is 298 g/mol. The maximum absolute atomic E-state index is 12.1. The van der Waals surface area contributed by atoms with Gasteiger partial charge in [0.25, 0.3) is 0 Å². The molecule has 0 saturated carbocycles. The van der Waals surface area contributed by atoms with Crippen molar-refractivity contribution < 1.29 is 13.2 Å². The van der Waals surface area contributed by atoms with Crippen LogP contribution in [0.5, 0.6) is 0 Å². The summed E-state index contributed by atoms with van der Waals surface area (Å²) in [7, 11) is 0. The van der Waals surface area contributed by atoms with Crippen molar-refractivity contribution in [3.05, 3.63) is 42.5 Å². The Balaban J connectivity index is 0.00000289. The van der Waals surface area contributed by atoms with Gasteiger partial charge in [-0.3, -0.25) is 0 Å². The first-order valence-corrected chi connectivity index (χ1v) is 5.96. The second kappa shape index (κ2) is 7.71. The first-order valence-electron chi connectivity index (χ1n) is 5.14. The SMILES string of the molecule is C=CCC[C@H](N)c1ccc(SC(F)(F)F)cc1.Cl. The van der Waals surface area contributed by atoms with Gasteiger partial charge in [0.15, 0.2) is 0 Å². The van der Waals surface area contributed by atoms with Crippen LogP contribution in [-0.2, 0) is 0 Å². The highest BCUT2D eigenvalue weighted by molar-refractivity contribution is 8.00. The molecule has 1 nitrogen and oxygen atoms in total. The molecule has 6 heteroatoms. The minimum absolute atomic E-state index is 0. The van der Waals surface area contributed by atoms with Crippen molar-refractivity contribution in [2.75, 3.05) is 0 Å². The lowest BCUT2D eigenvalue weighted by Gasteiger charge is -2.11. The Bertz CT molecular complexity index is 365. The fraction of sp³-hybridized carbons (Fsp3) is 0.333. The number of nitrogens with two attached hydrogens (primary N) is 1. The van der Waals surface area contributed by atoms with E-state index < -0.39 is 5.51 Å². The van der Waals surface area contributed by atoms with E-state index in [4.69, 9.17) is 5.73 Å². The van der Waals surface area contributed by atoms with Gasteiger partial charge in [0.1, 0.15) is 0 Å². The van der Waals surface area contributed by atoms with E-state index in [1.54, 1.807) is 18.2 Å². The zero-order valence-corrected chi connectivity index (χ0v) is 11.2. The third kappa shape index (κ3) is 6.33. The second-order valence-corrected chi connectivity index (χ2v) is 4.73. The van der Waals surface area contributed by atoms with Gasteiger partial charge in [0.05, 0.1) is 0 Å². The first-order chi connectivity index (χ1) is 7.92. The van der Waals surface area contributed by atoms with E-state index in [1.165, 1.54) is 12.1 Å². The van der Waals surface area contributed by atoms with E-state index in [0.717, 1.165) is 18.4 Å². The van der Waals surface area contributed by atoms with Gasteiger partial charge >= 0.3 is 5.51 Å². The van der Waals surface area contributed by atoms with Gasteiger partial charge in [-0.1, -0.05) is 18.2 Å². The van der Waals surface area contributed by atoms with E-state index >= 15 is 0 Å². The third-order valence-electron chi connectivity index (χ3n) is 2.22. The molecular formula is C12H15ClF3NS. The molecule has 0 fully saturated rings. The van der Waals surface area contributed by atoms with Gasteiger partial charge in [-0.05, 0) is 42.3 Å². The Hall–Kier alpha value is -0.650. The van der Waals surface area contributed by atoms with Crippen molar-refractivity contribution in [1.29, 1.82) is 0 Å². The van der Waals surface area contributed by atoms with Crippen molar-refractivity contribution in [2.24, 2.45) is 5.73 Å². The smallest absolute Gasteiger partial charge is 0.324 e. The highest BCUT2D eigenvalue weighted by Crippen LogP contribution is 2.37. The molecule has 0 aliphatic rings. The van der Waals surface area contributed by atoms with Gasteiger partial charge < -0.3 is 5.73 Å². The zero-order valence-electron chi connectivity index (χ0n) is 9.61. The molecule has 0 saturated heterocycles. The molecule has 0 spiro atoms. The number of hydrogen-bond acceptors (Lipinski definition) is 2. The summed E-state index contributed by atoms with van der Waals surface area (Å²) in [4.78, 5) is 0.178. The lowest BCUT2D eigenvalue weighted by atomic mass is 10.0. The fourth-order valence-electron chi connectivity index (χ4n) is 1.38. The summed E-state index contributed by atoms with van der Waals surface area (Å²) in [6, 6.07) is 6.02. The van der Waals surface area contributed by atoms with Crippen LogP contribution in [-0.4, -0.2) is 5.51 Å². The highest BCUT2D eigenvalue weighted by atomic mass is 35.5. The molecule has 0 aliphatic heterocycles. The van der Waals surface area contributed by atoms with Gasteiger partial charge in [0.2, 0.25) is 0 Å². The second-order valence-electron chi connectivity index (χ2n) is 3.59. The number of alkyl halides is 3. The predicted molar refractivity (Wildman–Crippen MR) is 72.0 cm³/mol. The molecule has 0 heterocycles. The van der Waals surface area contributed by atoms with Gasteiger partial charge in [0, 0.05) is 10.9 Å². The maximum atomic E-state index is 12.1. The van der Waals surface area contributed by atoms with Crippen molar-refractivity contribution in [2.45, 2.75) is 29.3 Å². The molecule has 2 N–H and O–H groups in total. The van der Waals surface area contributed by atoms with Crippen LogP contribution in [0.25, 0.3) is 0 Å². The summed E-state index contributed by atoms with van der Waals surface area (Å²) in [6.07, 6.45) is 3.31. The highest BCUT2D eigenvalue weighted by Gasteiger charge is 2.29. The molecule has 18 heavy (non-hydrogen) atoms. The average Bonchev–Trinajstić information content (AvgIpc) is 2.24. The Morgan fingerprint density at radius 1 is 1.28 bits per heavy atom. The molecular weight excluding hydrogens is 283 g/mol. The van der Waals surface area contributed by atoms with E-state index in [1.807, 2.05) is 0 Å². The molecule has 0 bridgehead atoms. The van der Waals surface area contributed by atoms with E-state index in [9.17, 15) is 13.2 Å². The standard InChI is InChI=1S/C12H14F3NS.ClH/c1-2-3-4-11(16)9-5-7-10(8-6-9)17-12(13,14)15;/h2,5-8,11H,1,3-4,16H2;1H/t11-;/m0./s1. The Morgan fingerprint density at radius 3 is 2.28 bits per heavy atom. The molecule has 0 radical (unpaired) electrons. The largest absolute Gasteiger partial charge is 0.446 e. The topological polar surface area (TPSA) is 26.0 Å². The van der Waals surface area contributed by atoms with Crippen LogP contribution in [0, 0.1) is 0 Å². The van der Waals surface area contributed by atoms with Crippen LogP contribution in [0.1, 0.15) is 24.4 Å². The van der Waals surface area contributed by atoms with Crippen LogP contribution in [0.2, 0.25) is 0 Å². The number of allylic oxidation sites excluding steroid dienone is 1. The van der Waals surface area contributed by atoms with Crippen molar-refractivity contribution >= 4 is 24.2 Å². The van der Waals surface area contributed by atoms with Crippen LogP contribution >= 0.6 is 24.2 Å². The number of rotatable bonds is 5. The number of hydrogen-bond donors (Lipinski definition) is 1. The minimum atomic E-state index is -4.24. The van der Waals surface area contributed by atoms with Crippen LogP contribution in [0.15, 0.2) is 41.8 Å². The van der Waals surface area contributed by atoms with E-state index in [0.29, 0.717) is 0 Å². The molecule has 0 aromatic heterocycles. The Morgan fingerprint density at radius 2 is 1.83 bits per heavy atom. The zero-order chi connectivity index (χ0) is 12.9. The lowest BCUT2D eigenvalue weighted by molar-refractivity contribution is -0.0328. The number of thioether (sulfide) groups is 1. The minimum Gasteiger partial charge on any atom is -0.324 e. The predicted octanol–water partition coefficient (Wildman–Crippen LogP) is 4.69. The molecule has 0 unspecified atom stereocenters. The molecule has 1 atom stereocenters. The summed E-state index contributed by atoms with van der Waals surface area (Å²) in [5.41, 5.74) is 2.48. The van der Waals surface area contributed by atoms with Gasteiger partial charge in [-0.2, -0.15) is 13.2 Å². The quantitative estimate of drug-likeness (QED) is 0.630. The summed E-state index contributed by atoms with van der Waals surface area (Å²) in [5.74, 6) is 0. The van der Waals surface area contributed by atoms with E-state index in [-0.39, 0.29) is 35.1 Å². The fourth-order valence-corrected chi connectivity index (χ4v) is 1.92. The van der Waals surface area contributed by atoms with E-state index in [2.05, 4.69) is 6.58 Å². The molecule has 102 valence electrons. The van der Waals surface area contributed by atoms with Crippen molar-refractivity contribution in [3.8, 4) is 0 Å². The summed E-state index contributed by atoms with van der Waals surface area (Å²) in [6.45, 7) is 3.60. The van der Waals surface area contributed by atoms with Crippen LogP contribution < -0.4 is 5.73 Å². The molecule has 0 amide bonds. The third-order valence-corrected chi connectivity index (χ3v) is 2.96. The lowest BCUT2D eigenvalue weighted by Crippen LogP contribution is -2.09. The Labute approximate surface area is 115 Å². The number of halogens is 4. The maximum Gasteiger partial charge on any atom is 0.446 e. The normalized spacial score (nSPS) is 12.7. The van der Waals surface area contributed by atoms with Crippen LogP contribution in [0.4, 0.5) is 13.2 Å². The molecule has 1 aromatic rings. The summed E-state index contributed by atoms with van der Waals surface area (Å²) >= 11 is -0.118. The van der Waals surface area contributed by atoms with Crippen molar-refractivity contribution in [1.82, 2.24) is 0 Å². The summed E-state index contributed by atoms with van der Waals surface area (Å²) in [5, 5.41) is 0. The van der Waals surface area contributed by atoms with Gasteiger partial charge in [-0.25, -0.2) is 0 Å². The summed E-state index contributed by atoms with van der Waals surface area (Å²) < 4.78 is 36.3. The monoisotopic (exact) mass is 297 g/mol. The Kier molecular flexibility index (Phi) is 7.43. The van der Waals surface area contributed by atoms with Gasteiger partial charge in [-0.15, -0.1) is 19.0 Å². The molecule has 0 aliphatic carbocycles. The molecule has 1 rings (SSSR count). The van der Waals surface area contributed by atoms with Crippen molar-refractivity contribution in [3.63, 3.8) is 0 Å².